The molecule has 1 atom stereocenters. The molecule has 1 aromatic heterocycles. The van der Waals surface area contributed by atoms with Crippen LogP contribution in [0.1, 0.15) is 23.8 Å². The van der Waals surface area contributed by atoms with Crippen LogP contribution < -0.4 is 19.7 Å². The molecule has 0 unspecified atom stereocenters. The molecule has 3 heterocycles. The zero-order chi connectivity index (χ0) is 20.3. The van der Waals surface area contributed by atoms with Gasteiger partial charge in [-0.25, -0.2) is 4.98 Å². The highest BCUT2D eigenvalue weighted by Gasteiger charge is 2.27. The summed E-state index contributed by atoms with van der Waals surface area (Å²) in [6.45, 7) is 3.44. The van der Waals surface area contributed by atoms with Crippen LogP contribution in [0.5, 0.6) is 11.5 Å². The van der Waals surface area contributed by atoms with Crippen molar-refractivity contribution < 1.29 is 19.2 Å². The number of carbonyl (C=O) groups is 1. The van der Waals surface area contributed by atoms with Gasteiger partial charge in [0.25, 0.3) is 5.91 Å². The van der Waals surface area contributed by atoms with Gasteiger partial charge in [-0.1, -0.05) is 24.3 Å². The summed E-state index contributed by atoms with van der Waals surface area (Å²) in [5, 5.41) is 4.26. The summed E-state index contributed by atoms with van der Waals surface area (Å²) in [5.41, 5.74) is 1.10. The molecule has 0 bridgehead atoms. The van der Waals surface area contributed by atoms with Gasteiger partial charge in [-0.3, -0.25) is 4.79 Å². The van der Waals surface area contributed by atoms with Crippen LogP contribution in [-0.4, -0.2) is 49.8 Å². The van der Waals surface area contributed by atoms with E-state index in [2.05, 4.69) is 23.5 Å². The fourth-order valence-electron chi connectivity index (χ4n) is 4.20. The number of hydrogen-bond acceptors (Lipinski definition) is 5. The van der Waals surface area contributed by atoms with Crippen LogP contribution in [0.3, 0.4) is 0 Å². The van der Waals surface area contributed by atoms with Gasteiger partial charge in [0.15, 0.2) is 18.0 Å². The molecule has 1 amide bonds. The van der Waals surface area contributed by atoms with E-state index in [1.807, 2.05) is 41.7 Å². The first-order valence-electron chi connectivity index (χ1n) is 10.6. The average Bonchev–Trinajstić information content (AvgIpc) is 3.22. The van der Waals surface area contributed by atoms with E-state index in [4.69, 9.17) is 14.5 Å². The second kappa shape index (κ2) is 8.62. The van der Waals surface area contributed by atoms with Crippen LogP contribution in [0.2, 0.25) is 0 Å². The third-order valence-electron chi connectivity index (χ3n) is 5.86. The molecule has 7 heteroatoms. The monoisotopic (exact) mass is 424 g/mol. The van der Waals surface area contributed by atoms with Crippen LogP contribution in [0, 0.1) is 0 Å². The summed E-state index contributed by atoms with van der Waals surface area (Å²) in [5.74, 6) is 2.10. The molecule has 6 nitrogen and oxygen atoms in total. The van der Waals surface area contributed by atoms with Crippen LogP contribution in [0.25, 0.3) is 10.2 Å². The van der Waals surface area contributed by atoms with E-state index >= 15 is 0 Å². The Bertz CT molecular complexity index is 996. The maximum absolute atomic E-state index is 12.4. The number of para-hydroxylation sites is 3. The minimum Gasteiger partial charge on any atom is -0.486 e. The van der Waals surface area contributed by atoms with Crippen LogP contribution in [-0.2, 0) is 4.79 Å². The number of rotatable bonds is 5. The first kappa shape index (κ1) is 19.3. The zero-order valence-electron chi connectivity index (χ0n) is 16.8. The quantitative estimate of drug-likeness (QED) is 0.658. The molecule has 5 rings (SSSR count). The molecule has 0 radical (unpaired) electrons. The highest BCUT2D eigenvalue weighted by Crippen LogP contribution is 2.32. The van der Waals surface area contributed by atoms with Crippen molar-refractivity contribution in [1.82, 2.24) is 10.3 Å². The van der Waals surface area contributed by atoms with Gasteiger partial charge < -0.3 is 19.7 Å². The Morgan fingerprint density at radius 2 is 1.87 bits per heavy atom. The van der Waals surface area contributed by atoms with Gasteiger partial charge in [0.1, 0.15) is 12.7 Å². The van der Waals surface area contributed by atoms with Gasteiger partial charge in [0, 0.05) is 18.8 Å². The Kier molecular flexibility index (Phi) is 5.55. The standard InChI is InChI=1S/C23H25N3O3S/c27-22(24-13-17-15-28-19-6-2-3-7-20(19)29-17)14-26-11-9-16(10-12-26)23-25-18-5-1-4-8-21(18)30-23/h1-8,16-17H,9-15H2,(H,24,27)/p+1/t17-/m1/s1. The maximum atomic E-state index is 12.4. The number of ether oxygens (including phenoxy) is 2. The zero-order valence-corrected chi connectivity index (χ0v) is 17.6. The molecule has 156 valence electrons. The lowest BCUT2D eigenvalue weighted by atomic mass is 9.97. The Morgan fingerprint density at radius 3 is 2.70 bits per heavy atom. The molecule has 2 aliphatic rings. The SMILES string of the molecule is O=C(C[NH+]1CCC(c2nc3ccccc3s2)CC1)NC[C@@H]1COc2ccccc2O1. The molecule has 2 N–H and O–H groups in total. The highest BCUT2D eigenvalue weighted by atomic mass is 32.1. The summed E-state index contributed by atoms with van der Waals surface area (Å²) in [4.78, 5) is 18.6. The lowest BCUT2D eigenvalue weighted by Crippen LogP contribution is -3.14. The van der Waals surface area contributed by atoms with E-state index in [-0.39, 0.29) is 12.0 Å². The van der Waals surface area contributed by atoms with Gasteiger partial charge >= 0.3 is 0 Å². The van der Waals surface area contributed by atoms with E-state index in [1.54, 1.807) is 0 Å². The molecular weight excluding hydrogens is 398 g/mol. The predicted octanol–water partition coefficient (Wildman–Crippen LogP) is 2.01. The normalized spacial score (nSPS) is 23.3. The Hall–Kier alpha value is -2.64. The number of likely N-dealkylation sites (tertiary alicyclic amines) is 1. The van der Waals surface area contributed by atoms with Crippen molar-refractivity contribution in [3.05, 3.63) is 53.5 Å². The summed E-state index contributed by atoms with van der Waals surface area (Å²) < 4.78 is 12.9. The molecule has 30 heavy (non-hydrogen) atoms. The number of quaternary nitrogens is 1. The fourth-order valence-corrected chi connectivity index (χ4v) is 5.33. The molecule has 0 spiro atoms. The summed E-state index contributed by atoms with van der Waals surface area (Å²) >= 11 is 1.81. The first-order chi connectivity index (χ1) is 14.7. The van der Waals surface area contributed by atoms with Gasteiger partial charge in [-0.15, -0.1) is 11.3 Å². The molecular formula is C23H26N3O3S+. The minimum absolute atomic E-state index is 0.0749. The van der Waals surface area contributed by atoms with Crippen molar-refractivity contribution in [3.8, 4) is 11.5 Å². The molecule has 1 saturated heterocycles. The second-order valence-corrected chi connectivity index (χ2v) is 9.08. The predicted molar refractivity (Wildman–Crippen MR) is 117 cm³/mol. The van der Waals surface area contributed by atoms with E-state index in [9.17, 15) is 4.79 Å². The number of amides is 1. The topological polar surface area (TPSA) is 64.9 Å². The van der Waals surface area contributed by atoms with Crippen molar-refractivity contribution in [1.29, 1.82) is 0 Å². The number of nitrogens with zero attached hydrogens (tertiary/aromatic N) is 1. The summed E-state index contributed by atoms with van der Waals surface area (Å²) in [7, 11) is 0. The first-order valence-corrected chi connectivity index (χ1v) is 11.4. The summed E-state index contributed by atoms with van der Waals surface area (Å²) in [6.07, 6.45) is 2.01. The number of fused-ring (bicyclic) bond motifs is 2. The van der Waals surface area contributed by atoms with Gasteiger partial charge in [-0.2, -0.15) is 0 Å². The molecule has 0 saturated carbocycles. The van der Waals surface area contributed by atoms with Crippen molar-refractivity contribution in [3.63, 3.8) is 0 Å². The van der Waals surface area contributed by atoms with E-state index < -0.39 is 0 Å². The molecule has 2 aromatic carbocycles. The van der Waals surface area contributed by atoms with Crippen molar-refractivity contribution in [2.24, 2.45) is 0 Å². The van der Waals surface area contributed by atoms with E-state index in [0.717, 1.165) is 42.9 Å². The third-order valence-corrected chi connectivity index (χ3v) is 7.06. The van der Waals surface area contributed by atoms with Gasteiger partial charge in [0.05, 0.1) is 34.9 Å². The number of carbonyl (C=O) groups excluding carboxylic acids is 1. The van der Waals surface area contributed by atoms with Crippen LogP contribution >= 0.6 is 11.3 Å². The molecule has 1 fully saturated rings. The number of aromatic nitrogens is 1. The highest BCUT2D eigenvalue weighted by molar-refractivity contribution is 7.18. The van der Waals surface area contributed by atoms with E-state index in [1.165, 1.54) is 14.6 Å². The molecule has 3 aromatic rings. The lowest BCUT2D eigenvalue weighted by Gasteiger charge is -2.29. The van der Waals surface area contributed by atoms with Crippen LogP contribution in [0.15, 0.2) is 48.5 Å². The smallest absolute Gasteiger partial charge is 0.275 e. The maximum Gasteiger partial charge on any atom is 0.275 e. The minimum atomic E-state index is -0.149. The van der Waals surface area contributed by atoms with Gasteiger partial charge in [-0.05, 0) is 24.3 Å². The number of piperidine rings is 1. The Morgan fingerprint density at radius 1 is 1.10 bits per heavy atom. The number of nitrogens with one attached hydrogen (secondary N) is 2. The van der Waals surface area contributed by atoms with Gasteiger partial charge in [0.2, 0.25) is 0 Å². The summed E-state index contributed by atoms with van der Waals surface area (Å²) in [6, 6.07) is 16.0. The number of hydrogen-bond donors (Lipinski definition) is 2. The van der Waals surface area contributed by atoms with Crippen molar-refractivity contribution in [2.45, 2.75) is 24.9 Å². The Balaban J connectivity index is 1.07. The van der Waals surface area contributed by atoms with E-state index in [0.29, 0.717) is 25.6 Å². The largest absolute Gasteiger partial charge is 0.486 e. The molecule has 0 aliphatic carbocycles. The van der Waals surface area contributed by atoms with Crippen LogP contribution in [0.4, 0.5) is 0 Å². The molecule has 2 aliphatic heterocycles. The third kappa shape index (κ3) is 4.27. The van der Waals surface area contributed by atoms with Crippen molar-refractivity contribution in [2.75, 3.05) is 32.8 Å². The lowest BCUT2D eigenvalue weighted by molar-refractivity contribution is -0.897. The number of thiazole rings is 1. The average molecular weight is 425 g/mol. The van der Waals surface area contributed by atoms with Crippen molar-refractivity contribution >= 4 is 27.5 Å². The second-order valence-electron chi connectivity index (χ2n) is 8.02. The Labute approximate surface area is 179 Å². The fraction of sp³-hybridized carbons (Fsp3) is 0.391. The number of benzene rings is 2.